The Balaban J connectivity index is 1.67. The number of rotatable bonds is 5. The van der Waals surface area contributed by atoms with Crippen molar-refractivity contribution in [3.05, 3.63) is 77.7 Å². The van der Waals surface area contributed by atoms with Crippen LogP contribution >= 0.6 is 0 Å². The van der Waals surface area contributed by atoms with Crippen LogP contribution < -0.4 is 10.6 Å². The summed E-state index contributed by atoms with van der Waals surface area (Å²) in [6, 6.07) is 12.0. The maximum absolute atomic E-state index is 12.6. The zero-order chi connectivity index (χ0) is 20.1. The fourth-order valence-corrected chi connectivity index (χ4v) is 2.54. The number of hydrogen-bond acceptors (Lipinski definition) is 4. The molecule has 0 fully saturated rings. The van der Waals surface area contributed by atoms with Crippen molar-refractivity contribution in [2.75, 3.05) is 10.6 Å². The van der Waals surface area contributed by atoms with E-state index in [4.69, 9.17) is 0 Å². The standard InChI is InChI=1S/C20H17F3N4O/c1-2-13-5-3-4-6-16(13)27-19(28)17-11-25-18(12-24-17)26-15-9-7-14(8-10-15)20(21,22)23/h3-12H,2H2,1H3,(H,25,26)(H,27,28). The van der Waals surface area contributed by atoms with Crippen molar-refractivity contribution in [3.8, 4) is 0 Å². The molecule has 0 spiro atoms. The first-order valence-corrected chi connectivity index (χ1v) is 8.52. The van der Waals surface area contributed by atoms with Gasteiger partial charge in [-0.2, -0.15) is 13.2 Å². The fraction of sp³-hybridized carbons (Fsp3) is 0.150. The van der Waals surface area contributed by atoms with Crippen molar-refractivity contribution >= 4 is 23.1 Å². The molecular formula is C20H17F3N4O. The van der Waals surface area contributed by atoms with Crippen LogP contribution in [0.5, 0.6) is 0 Å². The Bertz CT molecular complexity index is 954. The topological polar surface area (TPSA) is 66.9 Å². The van der Waals surface area contributed by atoms with Crippen LogP contribution in [0.2, 0.25) is 0 Å². The molecule has 144 valence electrons. The van der Waals surface area contributed by atoms with Crippen LogP contribution in [-0.2, 0) is 12.6 Å². The van der Waals surface area contributed by atoms with Crippen molar-refractivity contribution in [1.82, 2.24) is 9.97 Å². The lowest BCUT2D eigenvalue weighted by molar-refractivity contribution is -0.137. The Morgan fingerprint density at radius 3 is 2.32 bits per heavy atom. The van der Waals surface area contributed by atoms with Gasteiger partial charge in [-0.25, -0.2) is 9.97 Å². The molecule has 0 saturated heterocycles. The molecule has 2 aromatic carbocycles. The van der Waals surface area contributed by atoms with E-state index in [-0.39, 0.29) is 5.69 Å². The van der Waals surface area contributed by atoms with Gasteiger partial charge >= 0.3 is 6.18 Å². The number of amides is 1. The fourth-order valence-electron chi connectivity index (χ4n) is 2.54. The van der Waals surface area contributed by atoms with Gasteiger partial charge in [0.15, 0.2) is 0 Å². The van der Waals surface area contributed by atoms with E-state index in [0.29, 0.717) is 17.2 Å². The molecule has 0 aliphatic heterocycles. The van der Waals surface area contributed by atoms with Crippen molar-refractivity contribution in [1.29, 1.82) is 0 Å². The Labute approximate surface area is 159 Å². The van der Waals surface area contributed by atoms with Gasteiger partial charge in [-0.15, -0.1) is 0 Å². The summed E-state index contributed by atoms with van der Waals surface area (Å²) in [6.07, 6.45) is -0.962. The maximum Gasteiger partial charge on any atom is 0.416 e. The van der Waals surface area contributed by atoms with Gasteiger partial charge in [0.25, 0.3) is 5.91 Å². The smallest absolute Gasteiger partial charge is 0.339 e. The Kier molecular flexibility index (Phi) is 5.58. The predicted molar refractivity (Wildman–Crippen MR) is 101 cm³/mol. The predicted octanol–water partition coefficient (Wildman–Crippen LogP) is 5.05. The molecule has 1 amide bonds. The summed E-state index contributed by atoms with van der Waals surface area (Å²) in [5.41, 5.74) is 1.54. The van der Waals surface area contributed by atoms with Gasteiger partial charge in [-0.3, -0.25) is 4.79 Å². The van der Waals surface area contributed by atoms with Gasteiger partial charge in [0.05, 0.1) is 18.0 Å². The zero-order valence-corrected chi connectivity index (χ0v) is 14.9. The molecule has 2 N–H and O–H groups in total. The molecule has 1 aromatic heterocycles. The summed E-state index contributed by atoms with van der Waals surface area (Å²) in [7, 11) is 0. The molecule has 5 nitrogen and oxygen atoms in total. The van der Waals surface area contributed by atoms with Crippen molar-refractivity contribution in [2.45, 2.75) is 19.5 Å². The van der Waals surface area contributed by atoms with E-state index >= 15 is 0 Å². The van der Waals surface area contributed by atoms with E-state index in [1.54, 1.807) is 0 Å². The normalized spacial score (nSPS) is 11.1. The minimum absolute atomic E-state index is 0.129. The highest BCUT2D eigenvalue weighted by Gasteiger charge is 2.29. The third-order valence-electron chi connectivity index (χ3n) is 4.02. The molecule has 0 atom stereocenters. The van der Waals surface area contributed by atoms with E-state index in [1.807, 2.05) is 31.2 Å². The number of anilines is 3. The third kappa shape index (κ3) is 4.64. The monoisotopic (exact) mass is 386 g/mol. The second-order valence-electron chi connectivity index (χ2n) is 5.95. The number of benzene rings is 2. The minimum Gasteiger partial charge on any atom is -0.339 e. The number of para-hydroxylation sites is 1. The van der Waals surface area contributed by atoms with Gasteiger partial charge in [0, 0.05) is 11.4 Å². The van der Waals surface area contributed by atoms with Crippen LogP contribution in [0.25, 0.3) is 0 Å². The van der Waals surface area contributed by atoms with Crippen LogP contribution in [0.3, 0.4) is 0 Å². The lowest BCUT2D eigenvalue weighted by Gasteiger charge is -2.10. The number of alkyl halides is 3. The van der Waals surface area contributed by atoms with E-state index < -0.39 is 17.6 Å². The summed E-state index contributed by atoms with van der Waals surface area (Å²) in [5, 5.41) is 5.64. The third-order valence-corrected chi connectivity index (χ3v) is 4.02. The highest BCUT2D eigenvalue weighted by atomic mass is 19.4. The highest BCUT2D eigenvalue weighted by molar-refractivity contribution is 6.03. The molecule has 0 bridgehead atoms. The van der Waals surface area contributed by atoms with Crippen LogP contribution in [0.4, 0.5) is 30.4 Å². The lowest BCUT2D eigenvalue weighted by Crippen LogP contribution is -2.15. The number of aromatic nitrogens is 2. The molecule has 0 aliphatic carbocycles. The molecular weight excluding hydrogens is 369 g/mol. The molecule has 0 unspecified atom stereocenters. The van der Waals surface area contributed by atoms with E-state index in [9.17, 15) is 18.0 Å². The largest absolute Gasteiger partial charge is 0.416 e. The molecule has 1 heterocycles. The SMILES string of the molecule is CCc1ccccc1NC(=O)c1cnc(Nc2ccc(C(F)(F)F)cc2)cn1. The average Bonchev–Trinajstić information content (AvgIpc) is 2.68. The number of nitrogens with one attached hydrogen (secondary N) is 2. The van der Waals surface area contributed by atoms with Gasteiger partial charge in [-0.05, 0) is 42.3 Å². The quantitative estimate of drug-likeness (QED) is 0.644. The molecule has 3 rings (SSSR count). The molecule has 8 heteroatoms. The number of nitrogens with zero attached hydrogens (tertiary/aromatic N) is 2. The van der Waals surface area contributed by atoms with Crippen LogP contribution in [-0.4, -0.2) is 15.9 Å². The molecule has 0 aliphatic rings. The van der Waals surface area contributed by atoms with E-state index in [1.165, 1.54) is 24.5 Å². The second kappa shape index (κ2) is 8.08. The van der Waals surface area contributed by atoms with Crippen LogP contribution in [0.1, 0.15) is 28.5 Å². The summed E-state index contributed by atoms with van der Waals surface area (Å²) in [6.45, 7) is 1.99. The minimum atomic E-state index is -4.39. The van der Waals surface area contributed by atoms with Gasteiger partial charge in [-0.1, -0.05) is 25.1 Å². The number of hydrogen-bond donors (Lipinski definition) is 2. The van der Waals surface area contributed by atoms with Crippen molar-refractivity contribution in [2.24, 2.45) is 0 Å². The van der Waals surface area contributed by atoms with E-state index in [2.05, 4.69) is 20.6 Å². The molecule has 28 heavy (non-hydrogen) atoms. The zero-order valence-electron chi connectivity index (χ0n) is 14.9. The first-order chi connectivity index (χ1) is 13.4. The Morgan fingerprint density at radius 2 is 1.71 bits per heavy atom. The van der Waals surface area contributed by atoms with Crippen molar-refractivity contribution in [3.63, 3.8) is 0 Å². The summed E-state index contributed by atoms with van der Waals surface area (Å²) in [5.74, 6) is -0.0836. The van der Waals surface area contributed by atoms with Crippen LogP contribution in [0, 0.1) is 0 Å². The Hall–Kier alpha value is -3.42. The summed E-state index contributed by atoms with van der Waals surface area (Å²) < 4.78 is 37.8. The first kappa shape index (κ1) is 19.3. The highest BCUT2D eigenvalue weighted by Crippen LogP contribution is 2.30. The number of aryl methyl sites for hydroxylation is 1. The van der Waals surface area contributed by atoms with Crippen LogP contribution in [0.15, 0.2) is 60.9 Å². The Morgan fingerprint density at radius 1 is 1.00 bits per heavy atom. The van der Waals surface area contributed by atoms with Gasteiger partial charge in [0.2, 0.25) is 0 Å². The lowest BCUT2D eigenvalue weighted by atomic mass is 10.1. The van der Waals surface area contributed by atoms with Gasteiger partial charge < -0.3 is 10.6 Å². The second-order valence-corrected chi connectivity index (χ2v) is 5.95. The van der Waals surface area contributed by atoms with E-state index in [0.717, 1.165) is 24.1 Å². The molecule has 0 radical (unpaired) electrons. The molecule has 0 saturated carbocycles. The summed E-state index contributed by atoms with van der Waals surface area (Å²) in [4.78, 5) is 20.5. The number of carbonyl (C=O) groups is 1. The van der Waals surface area contributed by atoms with Gasteiger partial charge in [0.1, 0.15) is 11.5 Å². The average molecular weight is 386 g/mol. The summed E-state index contributed by atoms with van der Waals surface area (Å²) >= 11 is 0. The van der Waals surface area contributed by atoms with Crippen molar-refractivity contribution < 1.29 is 18.0 Å². The molecule has 3 aromatic rings. The number of halogens is 3. The number of carbonyl (C=O) groups excluding carboxylic acids is 1. The maximum atomic E-state index is 12.6. The first-order valence-electron chi connectivity index (χ1n) is 8.52.